The summed E-state index contributed by atoms with van der Waals surface area (Å²) in [5, 5.41) is 11.7. The molecule has 0 spiro atoms. The maximum absolute atomic E-state index is 12.2. The van der Waals surface area contributed by atoms with Crippen LogP contribution in [-0.4, -0.2) is 51.0 Å². The molecule has 106 valence electrons. The molecule has 1 rings (SSSR count). The van der Waals surface area contributed by atoms with Crippen LogP contribution in [-0.2, 0) is 10.0 Å². The van der Waals surface area contributed by atoms with Gasteiger partial charge in [0.25, 0.3) is 0 Å². The van der Waals surface area contributed by atoms with E-state index in [-0.39, 0.29) is 10.5 Å². The van der Waals surface area contributed by atoms with Gasteiger partial charge in [-0.1, -0.05) is 0 Å². The number of sulfonamides is 1. The van der Waals surface area contributed by atoms with Gasteiger partial charge in [-0.3, -0.25) is 0 Å². The van der Waals surface area contributed by atoms with Crippen molar-refractivity contribution in [1.29, 1.82) is 0 Å². The van der Waals surface area contributed by atoms with Crippen LogP contribution in [0.25, 0.3) is 0 Å². The highest BCUT2D eigenvalue weighted by Crippen LogP contribution is 2.15. The average Bonchev–Trinajstić information content (AvgIpc) is 2.39. The molecule has 0 heterocycles. The highest BCUT2D eigenvalue weighted by molar-refractivity contribution is 7.89. The molecule has 0 amide bonds. The molecule has 0 atom stereocenters. The van der Waals surface area contributed by atoms with Crippen LogP contribution < -0.4 is 5.32 Å². The Morgan fingerprint density at radius 2 is 1.89 bits per heavy atom. The first-order valence-corrected chi connectivity index (χ1v) is 7.28. The molecule has 1 aromatic rings. The molecular weight excluding hydrogens is 268 g/mol. The van der Waals surface area contributed by atoms with E-state index in [4.69, 9.17) is 5.11 Å². The van der Waals surface area contributed by atoms with Crippen LogP contribution in [0.1, 0.15) is 16.8 Å². The van der Waals surface area contributed by atoms with Crippen molar-refractivity contribution >= 4 is 16.0 Å². The van der Waals surface area contributed by atoms with Gasteiger partial charge < -0.3 is 10.4 Å². The van der Waals surface area contributed by atoms with E-state index in [9.17, 15) is 13.2 Å². The van der Waals surface area contributed by atoms with E-state index < -0.39 is 16.0 Å². The lowest BCUT2D eigenvalue weighted by molar-refractivity contribution is 0.0696. The number of rotatable bonds is 7. The van der Waals surface area contributed by atoms with Crippen molar-refractivity contribution in [3.05, 3.63) is 29.8 Å². The summed E-state index contributed by atoms with van der Waals surface area (Å²) >= 11 is 0. The van der Waals surface area contributed by atoms with Gasteiger partial charge in [0, 0.05) is 13.6 Å². The number of carboxylic acid groups (broad SMARTS) is 1. The van der Waals surface area contributed by atoms with Gasteiger partial charge in [0.2, 0.25) is 10.0 Å². The van der Waals surface area contributed by atoms with Gasteiger partial charge in [-0.2, -0.15) is 0 Å². The largest absolute Gasteiger partial charge is 0.478 e. The molecule has 0 aliphatic heterocycles. The molecule has 0 aliphatic carbocycles. The second kappa shape index (κ2) is 6.65. The van der Waals surface area contributed by atoms with E-state index >= 15 is 0 Å². The fourth-order valence-corrected chi connectivity index (χ4v) is 2.76. The molecule has 0 radical (unpaired) electrons. The van der Waals surface area contributed by atoms with Crippen LogP contribution in [0.2, 0.25) is 0 Å². The molecule has 0 aliphatic rings. The summed E-state index contributed by atoms with van der Waals surface area (Å²) in [5.41, 5.74) is 0.0665. The minimum absolute atomic E-state index is 0.0665. The van der Waals surface area contributed by atoms with Crippen molar-refractivity contribution in [3.8, 4) is 0 Å². The minimum atomic E-state index is -3.55. The smallest absolute Gasteiger partial charge is 0.335 e. The zero-order valence-corrected chi connectivity index (χ0v) is 11.8. The number of nitrogens with one attached hydrogen (secondary N) is 1. The summed E-state index contributed by atoms with van der Waals surface area (Å²) in [6.07, 6.45) is 0.708. The lowest BCUT2D eigenvalue weighted by Crippen LogP contribution is -2.29. The van der Waals surface area contributed by atoms with E-state index in [2.05, 4.69) is 5.32 Å². The normalized spacial score (nSPS) is 11.7. The van der Waals surface area contributed by atoms with Crippen LogP contribution in [0.5, 0.6) is 0 Å². The van der Waals surface area contributed by atoms with Crippen molar-refractivity contribution in [3.63, 3.8) is 0 Å². The van der Waals surface area contributed by atoms with E-state index in [1.165, 1.54) is 35.6 Å². The van der Waals surface area contributed by atoms with Crippen LogP contribution in [0.4, 0.5) is 0 Å². The third-order valence-corrected chi connectivity index (χ3v) is 4.58. The van der Waals surface area contributed by atoms with Crippen molar-refractivity contribution in [2.75, 3.05) is 27.2 Å². The van der Waals surface area contributed by atoms with Crippen molar-refractivity contribution < 1.29 is 18.3 Å². The van der Waals surface area contributed by atoms with Crippen LogP contribution >= 0.6 is 0 Å². The highest BCUT2D eigenvalue weighted by atomic mass is 32.2. The lowest BCUT2D eigenvalue weighted by Gasteiger charge is -2.17. The first kappa shape index (κ1) is 15.6. The molecule has 2 N–H and O–H groups in total. The van der Waals surface area contributed by atoms with Crippen molar-refractivity contribution in [1.82, 2.24) is 9.62 Å². The molecule has 0 fully saturated rings. The molecule has 0 aromatic heterocycles. The number of hydrogen-bond donors (Lipinski definition) is 2. The summed E-state index contributed by atoms with van der Waals surface area (Å²) < 4.78 is 25.6. The Morgan fingerprint density at radius 3 is 2.37 bits per heavy atom. The Labute approximate surface area is 113 Å². The zero-order chi connectivity index (χ0) is 14.5. The fourth-order valence-electron chi connectivity index (χ4n) is 1.55. The highest BCUT2D eigenvalue weighted by Gasteiger charge is 2.20. The van der Waals surface area contributed by atoms with E-state index in [0.717, 1.165) is 6.54 Å². The monoisotopic (exact) mass is 286 g/mol. The minimum Gasteiger partial charge on any atom is -0.478 e. The summed E-state index contributed by atoms with van der Waals surface area (Å²) in [6, 6.07) is 5.20. The van der Waals surface area contributed by atoms with E-state index in [1.54, 1.807) is 7.05 Å². The third kappa shape index (κ3) is 4.02. The predicted molar refractivity (Wildman–Crippen MR) is 71.8 cm³/mol. The molecule has 0 saturated carbocycles. The molecule has 0 unspecified atom stereocenters. The summed E-state index contributed by atoms with van der Waals surface area (Å²) in [7, 11) is -0.235. The number of benzene rings is 1. The average molecular weight is 286 g/mol. The van der Waals surface area contributed by atoms with E-state index in [1.807, 2.05) is 0 Å². The zero-order valence-electron chi connectivity index (χ0n) is 11.0. The third-order valence-electron chi connectivity index (χ3n) is 2.71. The Hall–Kier alpha value is -1.44. The van der Waals surface area contributed by atoms with Crippen LogP contribution in [0.3, 0.4) is 0 Å². The number of nitrogens with zero attached hydrogens (tertiary/aromatic N) is 1. The molecular formula is C12H18N2O4S. The summed E-state index contributed by atoms with van der Waals surface area (Å²) in [6.45, 7) is 1.14. The first-order chi connectivity index (χ1) is 8.89. The lowest BCUT2D eigenvalue weighted by atomic mass is 10.2. The summed E-state index contributed by atoms with van der Waals surface area (Å²) in [5.74, 6) is -1.08. The van der Waals surface area contributed by atoms with Crippen LogP contribution in [0.15, 0.2) is 29.2 Å². The molecule has 0 saturated heterocycles. The summed E-state index contributed by atoms with van der Waals surface area (Å²) in [4.78, 5) is 10.8. The topological polar surface area (TPSA) is 86.7 Å². The quantitative estimate of drug-likeness (QED) is 0.717. The van der Waals surface area contributed by atoms with Gasteiger partial charge in [0.1, 0.15) is 0 Å². The molecule has 7 heteroatoms. The Kier molecular flexibility index (Phi) is 5.46. The molecule has 1 aromatic carbocycles. The van der Waals surface area contributed by atoms with Gasteiger partial charge in [-0.25, -0.2) is 17.5 Å². The van der Waals surface area contributed by atoms with E-state index in [0.29, 0.717) is 13.0 Å². The van der Waals surface area contributed by atoms with Gasteiger partial charge in [0.15, 0.2) is 0 Å². The number of aromatic carboxylic acids is 1. The Bertz CT molecular complexity index is 525. The predicted octanol–water partition coefficient (Wildman–Crippen LogP) is 0.615. The van der Waals surface area contributed by atoms with Gasteiger partial charge in [-0.05, 0) is 44.3 Å². The Morgan fingerprint density at radius 1 is 1.32 bits per heavy atom. The molecule has 6 nitrogen and oxygen atoms in total. The number of carbonyl (C=O) groups is 1. The second-order valence-electron chi connectivity index (χ2n) is 4.11. The maximum Gasteiger partial charge on any atom is 0.335 e. The van der Waals surface area contributed by atoms with Gasteiger partial charge >= 0.3 is 5.97 Å². The van der Waals surface area contributed by atoms with Crippen LogP contribution in [0, 0.1) is 0 Å². The molecule has 0 bridgehead atoms. The molecule has 19 heavy (non-hydrogen) atoms. The fraction of sp³-hybridized carbons (Fsp3) is 0.417. The Balaban J connectivity index is 2.84. The standard InChI is InChI=1S/C12H18N2O4S/c1-13-8-3-9-14(2)19(17,18)11-6-4-10(5-7-11)12(15)16/h4-7,13H,3,8-9H2,1-2H3,(H,15,16). The van der Waals surface area contributed by atoms with Crippen molar-refractivity contribution in [2.45, 2.75) is 11.3 Å². The maximum atomic E-state index is 12.2. The van der Waals surface area contributed by atoms with Gasteiger partial charge in [0.05, 0.1) is 10.5 Å². The van der Waals surface area contributed by atoms with Crippen molar-refractivity contribution in [2.24, 2.45) is 0 Å². The SMILES string of the molecule is CNCCCN(C)S(=O)(=O)c1ccc(C(=O)O)cc1. The first-order valence-electron chi connectivity index (χ1n) is 5.84. The number of carboxylic acids is 1. The number of hydrogen-bond acceptors (Lipinski definition) is 4. The second-order valence-corrected chi connectivity index (χ2v) is 6.16. The van der Waals surface area contributed by atoms with Gasteiger partial charge in [-0.15, -0.1) is 0 Å².